The molecular weight excluding hydrogens is 372 g/mol. The fourth-order valence-electron chi connectivity index (χ4n) is 3.71. The van der Waals surface area contributed by atoms with E-state index >= 15 is 0 Å². The van der Waals surface area contributed by atoms with Gasteiger partial charge in [0.25, 0.3) is 5.91 Å². The third kappa shape index (κ3) is 2.87. The van der Waals surface area contributed by atoms with Crippen molar-refractivity contribution in [3.05, 3.63) is 77.4 Å². The van der Waals surface area contributed by atoms with Crippen LogP contribution in [0.5, 0.6) is 23.0 Å². The molecule has 0 bridgehead atoms. The first-order chi connectivity index (χ1) is 14.1. The second-order valence-electron chi connectivity index (χ2n) is 6.93. The molecule has 0 unspecified atom stereocenters. The topological polar surface area (TPSA) is 91.3 Å². The van der Waals surface area contributed by atoms with Crippen LogP contribution in [0.15, 0.2) is 60.7 Å². The molecule has 0 aliphatic carbocycles. The molecular formula is C22H18N2O5. The summed E-state index contributed by atoms with van der Waals surface area (Å²) in [6, 6.07) is 17.5. The average molecular weight is 390 g/mol. The second-order valence-corrected chi connectivity index (χ2v) is 6.93. The summed E-state index contributed by atoms with van der Waals surface area (Å²) >= 11 is 0. The molecule has 7 heteroatoms. The van der Waals surface area contributed by atoms with Gasteiger partial charge in [0, 0.05) is 17.8 Å². The average Bonchev–Trinajstić information content (AvgIpc) is 3.20. The number of nitrogens with one attached hydrogen (secondary N) is 1. The number of hydrogen-bond acceptors (Lipinski definition) is 6. The van der Waals surface area contributed by atoms with E-state index in [4.69, 9.17) is 9.47 Å². The van der Waals surface area contributed by atoms with Crippen molar-refractivity contribution in [2.75, 3.05) is 12.1 Å². The molecule has 3 aromatic carbocycles. The van der Waals surface area contributed by atoms with E-state index in [-0.39, 0.29) is 30.7 Å². The summed E-state index contributed by atoms with van der Waals surface area (Å²) in [7, 11) is 0. The molecule has 0 spiro atoms. The van der Waals surface area contributed by atoms with E-state index in [1.165, 1.54) is 6.07 Å². The predicted octanol–water partition coefficient (Wildman–Crippen LogP) is 3.59. The van der Waals surface area contributed by atoms with Crippen molar-refractivity contribution in [1.29, 1.82) is 0 Å². The molecule has 3 N–H and O–H groups in total. The third-order valence-corrected chi connectivity index (χ3v) is 5.15. The number of carbonyl (C=O) groups excluding carboxylic acids is 1. The summed E-state index contributed by atoms with van der Waals surface area (Å²) in [6.07, 6.45) is -0.657. The SMILES string of the molecule is O=C1c2ccccc2N[C@H](c2cccc(O)c2O)N1Cc1ccc2c(c1)OCO2. The minimum Gasteiger partial charge on any atom is -0.504 e. The molecule has 1 atom stereocenters. The Morgan fingerprint density at radius 3 is 2.72 bits per heavy atom. The molecule has 1 amide bonds. The van der Waals surface area contributed by atoms with Crippen molar-refractivity contribution in [2.45, 2.75) is 12.7 Å². The van der Waals surface area contributed by atoms with Crippen molar-refractivity contribution in [3.8, 4) is 23.0 Å². The molecule has 0 saturated heterocycles. The second kappa shape index (κ2) is 6.63. The zero-order valence-corrected chi connectivity index (χ0v) is 15.3. The molecule has 2 heterocycles. The first-order valence-corrected chi connectivity index (χ1v) is 9.18. The van der Waals surface area contributed by atoms with Gasteiger partial charge in [0.15, 0.2) is 23.0 Å². The van der Waals surface area contributed by atoms with E-state index in [2.05, 4.69) is 5.32 Å². The maximum Gasteiger partial charge on any atom is 0.258 e. The first-order valence-electron chi connectivity index (χ1n) is 9.18. The van der Waals surface area contributed by atoms with Crippen LogP contribution in [0.4, 0.5) is 5.69 Å². The lowest BCUT2D eigenvalue weighted by Gasteiger charge is -2.38. The number of phenolic OH excluding ortho intramolecular Hbond substituents is 2. The van der Waals surface area contributed by atoms with Gasteiger partial charge in [0.05, 0.1) is 5.56 Å². The highest BCUT2D eigenvalue weighted by molar-refractivity contribution is 6.01. The van der Waals surface area contributed by atoms with Gasteiger partial charge in [-0.15, -0.1) is 0 Å². The first kappa shape index (κ1) is 17.2. The van der Waals surface area contributed by atoms with Crippen LogP contribution in [0.1, 0.15) is 27.7 Å². The number of amides is 1. The fraction of sp³-hybridized carbons (Fsp3) is 0.136. The largest absolute Gasteiger partial charge is 0.504 e. The maximum atomic E-state index is 13.3. The van der Waals surface area contributed by atoms with Gasteiger partial charge in [-0.1, -0.05) is 30.3 Å². The molecule has 7 nitrogen and oxygen atoms in total. The lowest BCUT2D eigenvalue weighted by Crippen LogP contribution is -2.42. The number of carbonyl (C=O) groups is 1. The fourth-order valence-corrected chi connectivity index (χ4v) is 3.71. The Morgan fingerprint density at radius 1 is 1.00 bits per heavy atom. The molecule has 146 valence electrons. The Balaban J connectivity index is 1.57. The third-order valence-electron chi connectivity index (χ3n) is 5.15. The number of anilines is 1. The molecule has 29 heavy (non-hydrogen) atoms. The highest BCUT2D eigenvalue weighted by Gasteiger charge is 2.34. The summed E-state index contributed by atoms with van der Waals surface area (Å²) in [6.45, 7) is 0.451. The zero-order valence-electron chi connectivity index (χ0n) is 15.3. The normalized spacial score (nSPS) is 17.0. The predicted molar refractivity (Wildman–Crippen MR) is 105 cm³/mol. The van der Waals surface area contributed by atoms with Crippen LogP contribution < -0.4 is 14.8 Å². The number of hydrogen-bond donors (Lipinski definition) is 3. The minimum atomic E-state index is -0.657. The lowest BCUT2D eigenvalue weighted by molar-refractivity contribution is 0.0664. The van der Waals surface area contributed by atoms with Gasteiger partial charge in [-0.2, -0.15) is 0 Å². The van der Waals surface area contributed by atoms with Gasteiger partial charge in [0.2, 0.25) is 6.79 Å². The number of nitrogens with zero attached hydrogens (tertiary/aromatic N) is 1. The Morgan fingerprint density at radius 2 is 1.83 bits per heavy atom. The quantitative estimate of drug-likeness (QED) is 0.592. The van der Waals surface area contributed by atoms with Gasteiger partial charge >= 0.3 is 0 Å². The minimum absolute atomic E-state index is 0.176. The number of para-hydroxylation sites is 2. The maximum absolute atomic E-state index is 13.3. The number of rotatable bonds is 3. The van der Waals surface area contributed by atoms with Crippen molar-refractivity contribution in [3.63, 3.8) is 0 Å². The van der Waals surface area contributed by atoms with E-state index in [0.717, 1.165) is 5.56 Å². The van der Waals surface area contributed by atoms with Crippen LogP contribution in [-0.4, -0.2) is 27.8 Å². The van der Waals surface area contributed by atoms with E-state index in [9.17, 15) is 15.0 Å². The van der Waals surface area contributed by atoms with Gasteiger partial charge in [0.1, 0.15) is 6.17 Å². The van der Waals surface area contributed by atoms with Crippen LogP contribution in [0, 0.1) is 0 Å². The van der Waals surface area contributed by atoms with Crippen LogP contribution >= 0.6 is 0 Å². The Bertz CT molecular complexity index is 1110. The molecule has 3 aromatic rings. The Kier molecular flexibility index (Phi) is 3.94. The van der Waals surface area contributed by atoms with Crippen LogP contribution in [0.2, 0.25) is 0 Å². The highest BCUT2D eigenvalue weighted by Crippen LogP contribution is 2.41. The number of ether oxygens (including phenoxy) is 2. The highest BCUT2D eigenvalue weighted by atomic mass is 16.7. The number of aromatic hydroxyl groups is 2. The van der Waals surface area contributed by atoms with Crippen molar-refractivity contribution < 1.29 is 24.5 Å². The molecule has 2 aliphatic heterocycles. The summed E-state index contributed by atoms with van der Waals surface area (Å²) in [5.74, 6) is 0.637. The van der Waals surface area contributed by atoms with E-state index in [1.807, 2.05) is 36.4 Å². The number of benzene rings is 3. The standard InChI is InChI=1S/C22H18N2O5/c25-17-7-3-5-15(20(17)26)21-23-16-6-2-1-4-14(16)22(27)24(21)11-13-8-9-18-19(10-13)29-12-28-18/h1-10,21,23,25-26H,11-12H2/t21-/m0/s1. The van der Waals surface area contributed by atoms with Gasteiger partial charge < -0.3 is 29.9 Å². The molecule has 0 aromatic heterocycles. The van der Waals surface area contributed by atoms with Gasteiger partial charge in [-0.25, -0.2) is 0 Å². The van der Waals surface area contributed by atoms with Crippen LogP contribution in [-0.2, 0) is 6.54 Å². The summed E-state index contributed by atoms with van der Waals surface area (Å²) in [5, 5.41) is 23.7. The summed E-state index contributed by atoms with van der Waals surface area (Å²) in [5.41, 5.74) is 2.48. The molecule has 0 radical (unpaired) electrons. The molecule has 0 fully saturated rings. The van der Waals surface area contributed by atoms with Crippen LogP contribution in [0.25, 0.3) is 0 Å². The number of phenols is 2. The molecule has 2 aliphatic rings. The monoisotopic (exact) mass is 390 g/mol. The molecule has 0 saturated carbocycles. The van der Waals surface area contributed by atoms with Gasteiger partial charge in [-0.05, 0) is 35.9 Å². The van der Waals surface area contributed by atoms with Crippen molar-refractivity contribution >= 4 is 11.6 Å². The van der Waals surface area contributed by atoms with Crippen molar-refractivity contribution in [1.82, 2.24) is 4.90 Å². The van der Waals surface area contributed by atoms with E-state index in [1.54, 1.807) is 23.1 Å². The van der Waals surface area contributed by atoms with Crippen LogP contribution in [0.3, 0.4) is 0 Å². The van der Waals surface area contributed by atoms with Gasteiger partial charge in [-0.3, -0.25) is 4.79 Å². The number of fused-ring (bicyclic) bond motifs is 2. The smallest absolute Gasteiger partial charge is 0.258 e. The summed E-state index contributed by atoms with van der Waals surface area (Å²) < 4.78 is 10.8. The van der Waals surface area contributed by atoms with E-state index in [0.29, 0.717) is 28.3 Å². The lowest BCUT2D eigenvalue weighted by atomic mass is 10.0. The summed E-state index contributed by atoms with van der Waals surface area (Å²) in [4.78, 5) is 14.9. The zero-order chi connectivity index (χ0) is 20.0. The molecule has 5 rings (SSSR count). The Hall–Kier alpha value is -3.87. The Labute approximate surface area is 166 Å². The van der Waals surface area contributed by atoms with E-state index < -0.39 is 6.17 Å². The van der Waals surface area contributed by atoms with Crippen molar-refractivity contribution in [2.24, 2.45) is 0 Å².